The van der Waals surface area contributed by atoms with Crippen LogP contribution in [0, 0.1) is 6.92 Å². The number of rotatable bonds is 6. The van der Waals surface area contributed by atoms with Crippen LogP contribution in [0.15, 0.2) is 30.3 Å². The summed E-state index contributed by atoms with van der Waals surface area (Å²) in [7, 11) is 1.43. The zero-order valence-electron chi connectivity index (χ0n) is 20.8. The van der Waals surface area contributed by atoms with E-state index in [0.717, 1.165) is 55.9 Å². The third kappa shape index (κ3) is 5.27. The second-order valence-electron chi connectivity index (χ2n) is 9.58. The standard InChI is InChI=1S/C26H37N5O3/c1-18(16-23(28-20(3)32)21-8-6-5-7-9-21)29-13-10-22(11-14-29)31-19(2)27-24-17-30(26(33)34-4)15-12-25(24)31/h5-9,18,22-23H,10-17H2,1-4H3,(H,28,32)/t18?,23-/m0/s1. The Bertz CT molecular complexity index is 997. The first kappa shape index (κ1) is 24.3. The van der Waals surface area contributed by atoms with Crippen molar-refractivity contribution in [2.45, 2.75) is 71.1 Å². The Hall–Kier alpha value is -2.87. The molecule has 2 atom stereocenters. The van der Waals surface area contributed by atoms with Gasteiger partial charge in [-0.05, 0) is 38.7 Å². The van der Waals surface area contributed by atoms with Crippen LogP contribution in [0.2, 0.25) is 0 Å². The van der Waals surface area contributed by atoms with Crippen LogP contribution in [-0.2, 0) is 22.5 Å². The van der Waals surface area contributed by atoms with Gasteiger partial charge < -0.3 is 24.4 Å². The number of hydrogen-bond donors (Lipinski definition) is 1. The van der Waals surface area contributed by atoms with Gasteiger partial charge in [0.15, 0.2) is 0 Å². The third-order valence-electron chi connectivity index (χ3n) is 7.31. The SMILES string of the molecule is COC(=O)N1CCc2c(nc(C)n2C2CCN(C(C)C[C@H](NC(C)=O)c3ccccc3)CC2)C1. The zero-order chi connectivity index (χ0) is 24.2. The zero-order valence-corrected chi connectivity index (χ0v) is 20.8. The van der Waals surface area contributed by atoms with E-state index in [0.29, 0.717) is 25.2 Å². The van der Waals surface area contributed by atoms with Gasteiger partial charge in [0.1, 0.15) is 5.82 Å². The molecule has 2 aliphatic heterocycles. The number of aromatic nitrogens is 2. The smallest absolute Gasteiger partial charge is 0.409 e. The summed E-state index contributed by atoms with van der Waals surface area (Å²) >= 11 is 0. The number of aryl methyl sites for hydroxylation is 1. The molecule has 1 aromatic heterocycles. The van der Waals surface area contributed by atoms with Crippen molar-refractivity contribution in [2.24, 2.45) is 0 Å². The Morgan fingerprint density at radius 2 is 1.88 bits per heavy atom. The van der Waals surface area contributed by atoms with Gasteiger partial charge in [-0.25, -0.2) is 9.78 Å². The number of likely N-dealkylation sites (tertiary alicyclic amines) is 1. The minimum absolute atomic E-state index is 0.00545. The molecule has 8 nitrogen and oxygen atoms in total. The van der Waals surface area contributed by atoms with Crippen molar-refractivity contribution in [2.75, 3.05) is 26.7 Å². The summed E-state index contributed by atoms with van der Waals surface area (Å²) < 4.78 is 7.32. The summed E-state index contributed by atoms with van der Waals surface area (Å²) in [5.41, 5.74) is 3.44. The molecule has 1 unspecified atom stereocenters. The Morgan fingerprint density at radius 3 is 2.53 bits per heavy atom. The summed E-state index contributed by atoms with van der Waals surface area (Å²) in [6, 6.07) is 11.1. The van der Waals surface area contributed by atoms with E-state index in [1.165, 1.54) is 12.8 Å². The topological polar surface area (TPSA) is 79.7 Å². The summed E-state index contributed by atoms with van der Waals surface area (Å²) in [6.07, 6.45) is 3.57. The minimum Gasteiger partial charge on any atom is -0.453 e. The number of fused-ring (bicyclic) bond motifs is 1. The quantitative estimate of drug-likeness (QED) is 0.702. The minimum atomic E-state index is -0.284. The van der Waals surface area contributed by atoms with Crippen molar-refractivity contribution >= 4 is 12.0 Å². The van der Waals surface area contributed by atoms with Crippen molar-refractivity contribution in [1.29, 1.82) is 0 Å². The van der Waals surface area contributed by atoms with Crippen LogP contribution in [0.1, 0.15) is 68.0 Å². The molecular formula is C26H37N5O3. The number of imidazole rings is 1. The fraction of sp³-hybridized carbons (Fsp3) is 0.577. The van der Waals surface area contributed by atoms with Gasteiger partial charge in [0.05, 0.1) is 25.4 Å². The lowest BCUT2D eigenvalue weighted by atomic mass is 9.96. The van der Waals surface area contributed by atoms with Gasteiger partial charge in [0.2, 0.25) is 5.91 Å². The number of nitrogens with one attached hydrogen (secondary N) is 1. The number of nitrogens with zero attached hydrogens (tertiary/aromatic N) is 4. The summed E-state index contributed by atoms with van der Waals surface area (Å²) in [6.45, 7) is 9.17. The molecule has 3 heterocycles. The van der Waals surface area contributed by atoms with Gasteiger partial charge in [0.25, 0.3) is 0 Å². The predicted octanol–water partition coefficient (Wildman–Crippen LogP) is 3.61. The maximum atomic E-state index is 11.9. The normalized spacial score (nSPS) is 18.8. The molecule has 0 bridgehead atoms. The van der Waals surface area contributed by atoms with E-state index < -0.39 is 0 Å². The Balaban J connectivity index is 1.38. The fourth-order valence-electron chi connectivity index (χ4n) is 5.59. The van der Waals surface area contributed by atoms with Crippen LogP contribution in [-0.4, -0.2) is 64.1 Å². The molecule has 184 valence electrons. The lowest BCUT2D eigenvalue weighted by molar-refractivity contribution is -0.119. The van der Waals surface area contributed by atoms with Gasteiger partial charge in [-0.2, -0.15) is 0 Å². The largest absolute Gasteiger partial charge is 0.453 e. The second-order valence-corrected chi connectivity index (χ2v) is 9.58. The van der Waals surface area contributed by atoms with Crippen LogP contribution < -0.4 is 5.32 Å². The highest BCUT2D eigenvalue weighted by Gasteiger charge is 2.31. The van der Waals surface area contributed by atoms with E-state index in [9.17, 15) is 9.59 Å². The summed E-state index contributed by atoms with van der Waals surface area (Å²) in [5, 5.41) is 3.14. The van der Waals surface area contributed by atoms with Gasteiger partial charge >= 0.3 is 6.09 Å². The average molecular weight is 468 g/mol. The molecule has 1 aromatic carbocycles. The van der Waals surface area contributed by atoms with E-state index in [1.807, 2.05) is 18.2 Å². The van der Waals surface area contributed by atoms with Crippen molar-refractivity contribution in [3.63, 3.8) is 0 Å². The average Bonchev–Trinajstić information content (AvgIpc) is 3.18. The number of ether oxygens (including phenoxy) is 1. The number of carbonyl (C=O) groups excluding carboxylic acids is 2. The Kier molecular flexibility index (Phi) is 7.56. The molecule has 0 spiro atoms. The predicted molar refractivity (Wildman–Crippen MR) is 130 cm³/mol. The fourth-order valence-corrected chi connectivity index (χ4v) is 5.59. The molecule has 1 fully saturated rings. The molecular weight excluding hydrogens is 430 g/mol. The van der Waals surface area contributed by atoms with Crippen LogP contribution in [0.3, 0.4) is 0 Å². The molecule has 34 heavy (non-hydrogen) atoms. The maximum Gasteiger partial charge on any atom is 0.409 e. The van der Waals surface area contributed by atoms with Crippen molar-refractivity contribution in [1.82, 2.24) is 24.7 Å². The number of amides is 2. The first-order valence-corrected chi connectivity index (χ1v) is 12.3. The summed E-state index contributed by atoms with van der Waals surface area (Å²) in [5.74, 6) is 1.05. The molecule has 0 saturated carbocycles. The number of methoxy groups -OCH3 is 1. The molecule has 4 rings (SSSR count). The Morgan fingerprint density at radius 1 is 1.18 bits per heavy atom. The molecule has 2 aliphatic rings. The molecule has 8 heteroatoms. The van der Waals surface area contributed by atoms with Gasteiger partial charge in [-0.3, -0.25) is 4.79 Å². The van der Waals surface area contributed by atoms with Crippen molar-refractivity contribution in [3.05, 3.63) is 53.1 Å². The molecule has 2 amide bonds. The highest BCUT2D eigenvalue weighted by molar-refractivity contribution is 5.73. The lowest BCUT2D eigenvalue weighted by Gasteiger charge is -2.39. The van der Waals surface area contributed by atoms with Crippen molar-refractivity contribution in [3.8, 4) is 0 Å². The monoisotopic (exact) mass is 467 g/mol. The van der Waals surface area contributed by atoms with Crippen LogP contribution in [0.5, 0.6) is 0 Å². The van der Waals surface area contributed by atoms with Gasteiger partial charge in [-0.15, -0.1) is 0 Å². The second kappa shape index (κ2) is 10.6. The van der Waals surface area contributed by atoms with Crippen LogP contribution in [0.25, 0.3) is 0 Å². The number of hydrogen-bond acceptors (Lipinski definition) is 5. The van der Waals surface area contributed by atoms with Crippen LogP contribution in [0.4, 0.5) is 4.79 Å². The van der Waals surface area contributed by atoms with E-state index >= 15 is 0 Å². The molecule has 1 N–H and O–H groups in total. The number of benzene rings is 1. The number of piperidine rings is 1. The third-order valence-corrected chi connectivity index (χ3v) is 7.31. The van der Waals surface area contributed by atoms with E-state index in [4.69, 9.17) is 9.72 Å². The molecule has 0 aliphatic carbocycles. The highest BCUT2D eigenvalue weighted by atomic mass is 16.5. The summed E-state index contributed by atoms with van der Waals surface area (Å²) in [4.78, 5) is 32.8. The van der Waals surface area contributed by atoms with E-state index in [2.05, 4.69) is 40.8 Å². The lowest BCUT2D eigenvalue weighted by Crippen LogP contribution is -2.43. The number of carbonyl (C=O) groups is 2. The van der Waals surface area contributed by atoms with E-state index in [1.54, 1.807) is 11.8 Å². The van der Waals surface area contributed by atoms with E-state index in [-0.39, 0.29) is 18.0 Å². The molecule has 1 saturated heterocycles. The Labute approximate surface area is 202 Å². The first-order chi connectivity index (χ1) is 16.4. The van der Waals surface area contributed by atoms with Crippen LogP contribution >= 0.6 is 0 Å². The van der Waals surface area contributed by atoms with Gasteiger partial charge in [-0.1, -0.05) is 30.3 Å². The molecule has 2 aromatic rings. The maximum absolute atomic E-state index is 11.9. The molecule has 0 radical (unpaired) electrons. The van der Waals surface area contributed by atoms with Crippen molar-refractivity contribution < 1.29 is 14.3 Å². The van der Waals surface area contributed by atoms with Gasteiger partial charge in [0, 0.05) is 50.8 Å². The highest BCUT2D eigenvalue weighted by Crippen LogP contribution is 2.32. The first-order valence-electron chi connectivity index (χ1n) is 12.3.